The summed E-state index contributed by atoms with van der Waals surface area (Å²) >= 11 is 0. The summed E-state index contributed by atoms with van der Waals surface area (Å²) in [6.07, 6.45) is 3.03. The molecule has 0 amide bonds. The van der Waals surface area contributed by atoms with Crippen LogP contribution < -0.4 is 0 Å². The highest BCUT2D eigenvalue weighted by Gasteiger charge is 2.11. The fraction of sp³-hybridized carbons (Fsp3) is 0.333. The number of tetrazole rings is 1. The molecule has 78 valence electrons. The van der Waals surface area contributed by atoms with Gasteiger partial charge < -0.3 is 5.11 Å². The summed E-state index contributed by atoms with van der Waals surface area (Å²) in [7, 11) is 1.69. The van der Waals surface area contributed by atoms with Gasteiger partial charge in [-0.15, -0.1) is 10.2 Å². The van der Waals surface area contributed by atoms with Gasteiger partial charge in [-0.05, 0) is 22.9 Å². The van der Waals surface area contributed by atoms with Crippen molar-refractivity contribution in [2.75, 3.05) is 0 Å². The number of pyridine rings is 1. The summed E-state index contributed by atoms with van der Waals surface area (Å²) in [5.74, 6) is 0.529. The third-order valence-corrected chi connectivity index (χ3v) is 2.02. The quantitative estimate of drug-likeness (QED) is 0.756. The van der Waals surface area contributed by atoms with Gasteiger partial charge in [0.1, 0.15) is 0 Å². The average Bonchev–Trinajstić information content (AvgIpc) is 2.65. The molecule has 6 heteroatoms. The van der Waals surface area contributed by atoms with Crippen LogP contribution in [0, 0.1) is 0 Å². The second kappa shape index (κ2) is 4.14. The van der Waals surface area contributed by atoms with Gasteiger partial charge in [0, 0.05) is 18.8 Å². The van der Waals surface area contributed by atoms with E-state index in [4.69, 9.17) is 0 Å². The Morgan fingerprint density at radius 3 is 2.73 bits per heavy atom. The van der Waals surface area contributed by atoms with E-state index >= 15 is 0 Å². The molecule has 0 spiro atoms. The van der Waals surface area contributed by atoms with Gasteiger partial charge in [-0.1, -0.05) is 0 Å². The molecule has 1 unspecified atom stereocenters. The van der Waals surface area contributed by atoms with E-state index < -0.39 is 6.10 Å². The molecule has 0 bridgehead atoms. The van der Waals surface area contributed by atoms with E-state index in [-0.39, 0.29) is 0 Å². The molecule has 0 aliphatic heterocycles. The van der Waals surface area contributed by atoms with Crippen molar-refractivity contribution in [1.82, 2.24) is 25.2 Å². The maximum absolute atomic E-state index is 9.84. The smallest absolute Gasteiger partial charge is 0.177 e. The molecule has 6 nitrogen and oxygen atoms in total. The largest absolute Gasteiger partial charge is 0.388 e. The number of aliphatic hydroxyl groups excluding tert-OH is 1. The summed E-state index contributed by atoms with van der Waals surface area (Å²) in [6, 6.07) is 3.53. The first-order valence-corrected chi connectivity index (χ1v) is 4.56. The number of aromatic nitrogens is 5. The van der Waals surface area contributed by atoms with E-state index in [1.807, 2.05) is 0 Å². The van der Waals surface area contributed by atoms with E-state index in [2.05, 4.69) is 20.4 Å². The Balaban J connectivity index is 2.07. The van der Waals surface area contributed by atoms with Crippen LogP contribution in [0.1, 0.15) is 17.5 Å². The van der Waals surface area contributed by atoms with Gasteiger partial charge in [0.25, 0.3) is 0 Å². The van der Waals surface area contributed by atoms with Gasteiger partial charge in [-0.2, -0.15) is 4.80 Å². The summed E-state index contributed by atoms with van der Waals surface area (Å²) in [5.41, 5.74) is 0.803. The summed E-state index contributed by atoms with van der Waals surface area (Å²) in [6.45, 7) is 0. The molecule has 0 aromatic carbocycles. The lowest BCUT2D eigenvalue weighted by Crippen LogP contribution is -2.03. The summed E-state index contributed by atoms with van der Waals surface area (Å²) in [5, 5.41) is 21.3. The predicted octanol–water partition coefficient (Wildman–Crippen LogP) is -0.119. The molecule has 0 fully saturated rings. The number of hydrogen-bond donors (Lipinski definition) is 1. The second-order valence-corrected chi connectivity index (χ2v) is 3.20. The molecule has 15 heavy (non-hydrogen) atoms. The normalized spacial score (nSPS) is 12.7. The van der Waals surface area contributed by atoms with Gasteiger partial charge in [-0.25, -0.2) is 0 Å². The Kier molecular flexibility index (Phi) is 2.68. The highest BCUT2D eigenvalue weighted by molar-refractivity contribution is 5.14. The Morgan fingerprint density at radius 2 is 2.13 bits per heavy atom. The lowest BCUT2D eigenvalue weighted by atomic mass is 10.1. The molecule has 2 heterocycles. The topological polar surface area (TPSA) is 76.7 Å². The molecule has 1 N–H and O–H groups in total. The van der Waals surface area contributed by atoms with Crippen molar-refractivity contribution in [2.45, 2.75) is 12.5 Å². The third kappa shape index (κ3) is 2.35. The number of nitrogens with zero attached hydrogens (tertiary/aromatic N) is 5. The van der Waals surface area contributed by atoms with Crippen LogP contribution in [-0.4, -0.2) is 30.3 Å². The van der Waals surface area contributed by atoms with Crippen molar-refractivity contribution in [2.24, 2.45) is 7.05 Å². The standard InChI is InChI=1S/C9H11N5O/c1-14-12-9(11-13-14)6-8(15)7-2-4-10-5-3-7/h2-5,8,15H,6H2,1H3. The van der Waals surface area contributed by atoms with Crippen molar-refractivity contribution >= 4 is 0 Å². The Hall–Kier alpha value is -1.82. The van der Waals surface area contributed by atoms with Crippen LogP contribution >= 0.6 is 0 Å². The molecule has 1 atom stereocenters. The van der Waals surface area contributed by atoms with Crippen molar-refractivity contribution in [3.63, 3.8) is 0 Å². The van der Waals surface area contributed by atoms with Crippen LogP contribution in [0.15, 0.2) is 24.5 Å². The molecule has 0 radical (unpaired) electrons. The highest BCUT2D eigenvalue weighted by atomic mass is 16.3. The second-order valence-electron chi connectivity index (χ2n) is 3.20. The minimum Gasteiger partial charge on any atom is -0.388 e. The molecular weight excluding hydrogens is 194 g/mol. The van der Waals surface area contributed by atoms with Crippen LogP contribution in [0.5, 0.6) is 0 Å². The first-order chi connectivity index (χ1) is 7.25. The van der Waals surface area contributed by atoms with Crippen LogP contribution in [0.25, 0.3) is 0 Å². The zero-order chi connectivity index (χ0) is 10.7. The Bertz CT molecular complexity index is 427. The first kappa shape index (κ1) is 9.72. The van der Waals surface area contributed by atoms with E-state index in [1.54, 1.807) is 31.6 Å². The number of aryl methyl sites for hydroxylation is 1. The average molecular weight is 205 g/mol. The lowest BCUT2D eigenvalue weighted by molar-refractivity contribution is 0.175. The van der Waals surface area contributed by atoms with E-state index in [0.717, 1.165) is 5.56 Å². The highest BCUT2D eigenvalue weighted by Crippen LogP contribution is 2.14. The van der Waals surface area contributed by atoms with Crippen molar-refractivity contribution in [3.05, 3.63) is 35.9 Å². The van der Waals surface area contributed by atoms with Gasteiger partial charge in [-0.3, -0.25) is 4.98 Å². The third-order valence-electron chi connectivity index (χ3n) is 2.02. The predicted molar refractivity (Wildman–Crippen MR) is 51.7 cm³/mol. The van der Waals surface area contributed by atoms with E-state index in [9.17, 15) is 5.11 Å². The minimum absolute atomic E-state index is 0.359. The Morgan fingerprint density at radius 1 is 1.40 bits per heavy atom. The number of aliphatic hydroxyl groups is 1. The van der Waals surface area contributed by atoms with Crippen LogP contribution in [0.3, 0.4) is 0 Å². The zero-order valence-electron chi connectivity index (χ0n) is 8.28. The van der Waals surface area contributed by atoms with Gasteiger partial charge in [0.2, 0.25) is 0 Å². The SMILES string of the molecule is Cn1nnc(CC(O)c2ccncc2)n1. The molecule has 0 aliphatic rings. The Labute approximate surface area is 86.6 Å². The summed E-state index contributed by atoms with van der Waals surface area (Å²) < 4.78 is 0. The van der Waals surface area contributed by atoms with Gasteiger partial charge >= 0.3 is 0 Å². The zero-order valence-corrected chi connectivity index (χ0v) is 8.28. The molecule has 2 aromatic rings. The van der Waals surface area contributed by atoms with Gasteiger partial charge in [0.15, 0.2) is 5.82 Å². The molecule has 2 rings (SSSR count). The molecule has 2 aromatic heterocycles. The van der Waals surface area contributed by atoms with Crippen LogP contribution in [0.2, 0.25) is 0 Å². The minimum atomic E-state index is -0.614. The first-order valence-electron chi connectivity index (χ1n) is 4.56. The molecule has 0 aliphatic carbocycles. The lowest BCUT2D eigenvalue weighted by Gasteiger charge is -2.06. The van der Waals surface area contributed by atoms with E-state index in [1.165, 1.54) is 4.80 Å². The number of rotatable bonds is 3. The number of hydrogen-bond acceptors (Lipinski definition) is 5. The van der Waals surface area contributed by atoms with Crippen molar-refractivity contribution in [3.8, 4) is 0 Å². The van der Waals surface area contributed by atoms with E-state index in [0.29, 0.717) is 12.2 Å². The maximum atomic E-state index is 9.84. The molecule has 0 saturated heterocycles. The molecule has 0 saturated carbocycles. The monoisotopic (exact) mass is 205 g/mol. The maximum Gasteiger partial charge on any atom is 0.177 e. The van der Waals surface area contributed by atoms with Crippen LogP contribution in [-0.2, 0) is 13.5 Å². The molecular formula is C9H11N5O. The van der Waals surface area contributed by atoms with Crippen molar-refractivity contribution in [1.29, 1.82) is 0 Å². The summed E-state index contributed by atoms with van der Waals surface area (Å²) in [4.78, 5) is 5.25. The fourth-order valence-electron chi connectivity index (χ4n) is 1.28. The van der Waals surface area contributed by atoms with Crippen LogP contribution in [0.4, 0.5) is 0 Å². The van der Waals surface area contributed by atoms with Gasteiger partial charge in [0.05, 0.1) is 13.2 Å². The van der Waals surface area contributed by atoms with Crippen molar-refractivity contribution < 1.29 is 5.11 Å². The fourth-order valence-corrected chi connectivity index (χ4v) is 1.28.